The maximum Gasteiger partial charge on any atom is 0.123 e. The first-order chi connectivity index (χ1) is 31.8. The molecule has 6 aromatic rings. The molecular weight excluding hydrogens is 925 g/mol. The van der Waals surface area contributed by atoms with Crippen molar-refractivity contribution < 1.29 is 27.7 Å². The van der Waals surface area contributed by atoms with Crippen molar-refractivity contribution in [1.82, 2.24) is 19.1 Å². The number of fused-ring (bicyclic) bond motifs is 2. The van der Waals surface area contributed by atoms with Crippen molar-refractivity contribution in [2.45, 2.75) is 124 Å². The molecule has 4 aromatic carbocycles. The minimum atomic E-state index is -2.90. The Morgan fingerprint density at radius 2 is 1.06 bits per heavy atom. The van der Waals surface area contributed by atoms with E-state index in [2.05, 4.69) is 48.2 Å². The molecule has 2 aliphatic heterocycles. The van der Waals surface area contributed by atoms with Crippen molar-refractivity contribution in [3.63, 3.8) is 0 Å². The Bertz CT molecular complexity index is 2340. The van der Waals surface area contributed by atoms with Crippen molar-refractivity contribution in [2.75, 3.05) is 27.4 Å². The minimum Gasteiger partial charge on any atom is -0.497 e. The molecule has 0 bridgehead atoms. The molecule has 0 saturated carbocycles. The van der Waals surface area contributed by atoms with Crippen molar-refractivity contribution in [3.8, 4) is 34.0 Å². The van der Waals surface area contributed by atoms with Gasteiger partial charge in [-0.1, -0.05) is 12.1 Å². The molecule has 2 aromatic heterocycles. The van der Waals surface area contributed by atoms with Crippen LogP contribution in [0.15, 0.2) is 103 Å². The van der Waals surface area contributed by atoms with Gasteiger partial charge in [0.2, 0.25) is 0 Å². The third-order valence-electron chi connectivity index (χ3n) is 13.2. The van der Waals surface area contributed by atoms with Crippen molar-refractivity contribution in [3.05, 3.63) is 138 Å². The van der Waals surface area contributed by atoms with E-state index in [1.54, 1.807) is 42.2 Å². The molecule has 0 N–H and O–H groups in total. The van der Waals surface area contributed by atoms with Crippen LogP contribution in [0.4, 0.5) is 8.78 Å². The molecule has 8 nitrogen and oxygen atoms in total. The Hall–Kier alpha value is -4.52. The summed E-state index contributed by atoms with van der Waals surface area (Å²) in [6, 6.07) is 30.2. The van der Waals surface area contributed by atoms with Gasteiger partial charge in [-0.25, -0.2) is 9.37 Å². The molecule has 65 heavy (non-hydrogen) atoms. The monoisotopic (exact) mass is 994 g/mol. The van der Waals surface area contributed by atoms with Gasteiger partial charge in [0, 0.05) is 18.2 Å². The van der Waals surface area contributed by atoms with Crippen LogP contribution in [0.2, 0.25) is 13.3 Å². The number of ether oxygens (including phenoxy) is 4. The summed E-state index contributed by atoms with van der Waals surface area (Å²) in [6.45, 7) is 9.51. The van der Waals surface area contributed by atoms with Gasteiger partial charge < -0.3 is 14.0 Å². The SMILES string of the molecule is CCC[CH2][Sn]([CH2]CCC)([CH2]CCC)[c]1c(-c2ccc(F)cc2)nc2n1[C@@H](COCc1ccc(OC)cc1)CC2.COc1ccc(COC[C@H]2CCc3nc(-c4ccc(F)cc4)cn32)cc1. The van der Waals surface area contributed by atoms with Crippen LogP contribution < -0.4 is 13.2 Å². The van der Waals surface area contributed by atoms with E-state index in [9.17, 15) is 8.78 Å². The molecule has 8 rings (SSSR count). The molecule has 0 spiro atoms. The first kappa shape index (κ1) is 48.4. The Kier molecular flexibility index (Phi) is 17.7. The summed E-state index contributed by atoms with van der Waals surface area (Å²) in [5.74, 6) is 3.58. The van der Waals surface area contributed by atoms with Gasteiger partial charge in [0.15, 0.2) is 0 Å². The fraction of sp³-hybridized carbons (Fsp3) is 0.444. The second-order valence-electron chi connectivity index (χ2n) is 17.8. The van der Waals surface area contributed by atoms with Gasteiger partial charge in [-0.05, 0) is 48.4 Å². The topological polar surface area (TPSA) is 72.6 Å². The summed E-state index contributed by atoms with van der Waals surface area (Å²) in [4.78, 5) is 10.0. The number of rotatable bonds is 22. The average Bonchev–Trinajstić information content (AvgIpc) is 4.13. The van der Waals surface area contributed by atoms with E-state index in [-0.39, 0.29) is 11.6 Å². The Morgan fingerprint density at radius 1 is 0.585 bits per heavy atom. The largest absolute Gasteiger partial charge is 0.497 e. The van der Waals surface area contributed by atoms with Crippen LogP contribution in [0.25, 0.3) is 22.5 Å². The van der Waals surface area contributed by atoms with Crippen molar-refractivity contribution >= 4 is 22.1 Å². The molecular formula is C54H68F2N4O4Sn. The zero-order chi connectivity index (χ0) is 45.6. The molecule has 0 saturated heterocycles. The van der Waals surface area contributed by atoms with Gasteiger partial charge in [-0.3, -0.25) is 0 Å². The first-order valence-corrected chi connectivity index (χ1v) is 31.4. The fourth-order valence-electron chi connectivity index (χ4n) is 9.58. The summed E-state index contributed by atoms with van der Waals surface area (Å²) in [7, 11) is 3.35. The average molecular weight is 994 g/mol. The second-order valence-corrected chi connectivity index (χ2v) is 30.7. The van der Waals surface area contributed by atoms with E-state index in [0.29, 0.717) is 38.5 Å². The fourth-order valence-corrected chi connectivity index (χ4v) is 26.9. The molecule has 0 radical (unpaired) electrons. The number of aromatic nitrogens is 4. The van der Waals surface area contributed by atoms with E-state index in [0.717, 1.165) is 76.6 Å². The molecule has 2 aliphatic rings. The predicted molar refractivity (Wildman–Crippen MR) is 260 cm³/mol. The van der Waals surface area contributed by atoms with E-state index in [4.69, 9.17) is 28.9 Å². The number of unbranched alkanes of at least 4 members (excludes halogenated alkanes) is 3. The van der Waals surface area contributed by atoms with Gasteiger partial charge in [0.05, 0.1) is 32.1 Å². The molecule has 0 unspecified atom stereocenters. The van der Waals surface area contributed by atoms with Crippen LogP contribution in [0.1, 0.15) is 107 Å². The summed E-state index contributed by atoms with van der Waals surface area (Å²) < 4.78 is 60.4. The maximum absolute atomic E-state index is 13.9. The molecule has 11 heteroatoms. The molecule has 2 atom stereocenters. The number of hydrogen-bond donors (Lipinski definition) is 0. The van der Waals surface area contributed by atoms with Crippen LogP contribution in [0.3, 0.4) is 0 Å². The van der Waals surface area contributed by atoms with Crippen LogP contribution in [0.5, 0.6) is 11.5 Å². The second kappa shape index (κ2) is 23.8. The predicted octanol–water partition coefficient (Wildman–Crippen LogP) is 12.9. The summed E-state index contributed by atoms with van der Waals surface area (Å²) in [6.07, 6.45) is 13.7. The van der Waals surface area contributed by atoms with Crippen molar-refractivity contribution in [1.29, 1.82) is 0 Å². The minimum absolute atomic E-state index is 0.186. The Balaban J connectivity index is 0.000000209. The van der Waals surface area contributed by atoms with E-state index < -0.39 is 18.4 Å². The van der Waals surface area contributed by atoms with Gasteiger partial charge in [-0.15, -0.1) is 0 Å². The number of hydrogen-bond acceptors (Lipinski definition) is 6. The van der Waals surface area contributed by atoms with Crippen LogP contribution in [-0.2, 0) is 35.5 Å². The van der Waals surface area contributed by atoms with Gasteiger partial charge in [0.1, 0.15) is 17.4 Å². The molecule has 0 amide bonds. The number of nitrogens with zero attached hydrogens (tertiary/aromatic N) is 4. The molecule has 346 valence electrons. The summed E-state index contributed by atoms with van der Waals surface area (Å²) >= 11 is -2.90. The van der Waals surface area contributed by atoms with E-state index in [1.807, 2.05) is 48.5 Å². The van der Waals surface area contributed by atoms with Crippen LogP contribution >= 0.6 is 0 Å². The van der Waals surface area contributed by atoms with Gasteiger partial charge in [-0.2, -0.15) is 0 Å². The van der Waals surface area contributed by atoms with Gasteiger partial charge in [0.25, 0.3) is 0 Å². The molecule has 0 fully saturated rings. The van der Waals surface area contributed by atoms with Crippen molar-refractivity contribution in [2.24, 2.45) is 0 Å². The third-order valence-corrected chi connectivity index (χ3v) is 28.7. The quantitative estimate of drug-likeness (QED) is 0.0631. The third kappa shape index (κ3) is 12.3. The Morgan fingerprint density at radius 3 is 1.57 bits per heavy atom. The standard InChI is InChI=1S/C21H21FN2O2.C21H20FN2O2.3C4H9.Sn/c2*1-25-19-9-2-15(3-10-19)13-26-14-18-8-11-21-23-20(12-24(18)21)16-4-6-17(22)7-5-16;3*1-3-4-2;/h2-7,9-10,12,18H,8,11,13-14H2,1H3;2-7,9-10,18H,8,11,13-14H2,1H3;3*1,3-4H2,2H3;/t2*18-;;;;/m11..../s1. The molecule has 4 heterocycles. The first-order valence-electron chi connectivity index (χ1n) is 23.9. The smallest absolute Gasteiger partial charge is 0.123 e. The van der Waals surface area contributed by atoms with Crippen LogP contribution in [-0.4, -0.2) is 64.9 Å². The zero-order valence-corrected chi connectivity index (χ0v) is 42.0. The number of methoxy groups -OCH3 is 2. The maximum atomic E-state index is 13.9. The van der Waals surface area contributed by atoms with Crippen LogP contribution in [0, 0.1) is 11.6 Å². The number of benzene rings is 4. The zero-order valence-electron chi connectivity index (χ0n) is 39.2. The number of halogens is 2. The van der Waals surface area contributed by atoms with E-state index in [1.165, 1.54) is 69.8 Å². The number of aryl methyl sites for hydroxylation is 2. The van der Waals surface area contributed by atoms with Gasteiger partial charge >= 0.3 is 240 Å². The normalized spacial score (nSPS) is 15.4. The number of imidazole rings is 2. The summed E-state index contributed by atoms with van der Waals surface area (Å²) in [5, 5.41) is 0. The molecule has 0 aliphatic carbocycles. The summed E-state index contributed by atoms with van der Waals surface area (Å²) in [5.41, 5.74) is 6.35. The Labute approximate surface area is 389 Å². The van der Waals surface area contributed by atoms with E-state index >= 15 is 0 Å².